The number of benzene rings is 1. The predicted molar refractivity (Wildman–Crippen MR) is 92.5 cm³/mol. The number of rotatable bonds is 3. The average Bonchev–Trinajstić information content (AvgIpc) is 2.85. The molecule has 1 aliphatic rings. The Morgan fingerprint density at radius 3 is 2.80 bits per heavy atom. The van der Waals surface area contributed by atoms with Gasteiger partial charge >= 0.3 is 5.63 Å². The van der Waals surface area contributed by atoms with Gasteiger partial charge in [0.2, 0.25) is 5.91 Å². The van der Waals surface area contributed by atoms with Crippen LogP contribution in [0.4, 0.5) is 0 Å². The molecule has 0 spiro atoms. The third-order valence-electron chi connectivity index (χ3n) is 3.97. The molecule has 1 unspecified atom stereocenters. The minimum Gasteiger partial charge on any atom is -0.506 e. The van der Waals surface area contributed by atoms with E-state index in [1.165, 1.54) is 18.2 Å². The molecule has 0 radical (unpaired) electrons. The van der Waals surface area contributed by atoms with E-state index in [1.54, 1.807) is 6.92 Å². The Morgan fingerprint density at radius 1 is 1.44 bits per heavy atom. The van der Waals surface area contributed by atoms with Crippen molar-refractivity contribution in [2.45, 2.75) is 19.4 Å². The maximum Gasteiger partial charge on any atom is 0.340 e. The zero-order valence-corrected chi connectivity index (χ0v) is 14.6. The maximum absolute atomic E-state index is 12.2. The van der Waals surface area contributed by atoms with Gasteiger partial charge in [0, 0.05) is 16.9 Å². The van der Waals surface area contributed by atoms with Gasteiger partial charge < -0.3 is 14.8 Å². The van der Waals surface area contributed by atoms with Crippen molar-refractivity contribution in [2.75, 3.05) is 5.75 Å². The first-order chi connectivity index (χ1) is 11.7. The van der Waals surface area contributed by atoms with E-state index in [1.807, 2.05) is 0 Å². The minimum absolute atomic E-state index is 0.0983. The molecule has 1 aromatic heterocycles. The van der Waals surface area contributed by atoms with Crippen molar-refractivity contribution in [1.29, 1.82) is 0 Å². The van der Waals surface area contributed by atoms with Crippen molar-refractivity contribution in [2.24, 2.45) is 0 Å². The Balaban J connectivity index is 1.89. The molecule has 7 nitrogen and oxygen atoms in total. The number of aromatic hydroxyl groups is 1. The number of carbonyl (C=O) groups excluding carboxylic acids is 1. The molecule has 0 aliphatic carbocycles. The molecule has 9 heteroatoms. The summed E-state index contributed by atoms with van der Waals surface area (Å²) in [6, 6.07) is 2.08. The van der Waals surface area contributed by atoms with Crippen molar-refractivity contribution in [1.82, 2.24) is 5.32 Å². The molecular formula is C16H14ClNO6S. The number of phenolic OH excluding ortho intramolecular Hbond substituents is 1. The summed E-state index contributed by atoms with van der Waals surface area (Å²) < 4.78 is 27.9. The number of amides is 1. The highest BCUT2D eigenvalue weighted by Gasteiger charge is 2.24. The van der Waals surface area contributed by atoms with Crippen LogP contribution in [0.5, 0.6) is 5.75 Å². The van der Waals surface area contributed by atoms with Crippen LogP contribution in [0.25, 0.3) is 11.0 Å². The number of aryl methyl sites for hydroxylation is 1. The average molecular weight is 384 g/mol. The van der Waals surface area contributed by atoms with Crippen LogP contribution in [0.2, 0.25) is 5.02 Å². The molecule has 132 valence electrons. The van der Waals surface area contributed by atoms with Gasteiger partial charge in [-0.3, -0.25) is 4.79 Å². The molecule has 0 fully saturated rings. The standard InChI is InChI=1S/C16H14ClNO6S/c1-8-10-4-12(17)13(19)6-14(10)24-16(21)11(8)5-15(20)18-9-2-3-25(22,23)7-9/h2-4,6,9,19H,5,7H2,1H3,(H,18,20). The Bertz CT molecular complexity index is 1070. The summed E-state index contributed by atoms with van der Waals surface area (Å²) in [5, 5.41) is 13.8. The second-order valence-electron chi connectivity index (χ2n) is 5.80. The molecule has 2 aromatic rings. The lowest BCUT2D eigenvalue weighted by atomic mass is 10.0. The molecule has 2 heterocycles. The number of fused-ring (bicyclic) bond motifs is 1. The fourth-order valence-corrected chi connectivity index (χ4v) is 4.08. The zero-order chi connectivity index (χ0) is 18.4. The van der Waals surface area contributed by atoms with Crippen molar-refractivity contribution in [3.05, 3.63) is 50.2 Å². The van der Waals surface area contributed by atoms with E-state index in [2.05, 4.69) is 5.32 Å². The van der Waals surface area contributed by atoms with Gasteiger partial charge in [-0.1, -0.05) is 11.6 Å². The van der Waals surface area contributed by atoms with Crippen molar-refractivity contribution < 1.29 is 22.7 Å². The number of phenols is 1. The summed E-state index contributed by atoms with van der Waals surface area (Å²) in [6.45, 7) is 1.65. The maximum atomic E-state index is 12.2. The van der Waals surface area contributed by atoms with Gasteiger partial charge in [-0.05, 0) is 24.6 Å². The lowest BCUT2D eigenvalue weighted by molar-refractivity contribution is -0.120. The molecule has 2 N–H and O–H groups in total. The lowest BCUT2D eigenvalue weighted by Crippen LogP contribution is -2.37. The highest BCUT2D eigenvalue weighted by Crippen LogP contribution is 2.30. The van der Waals surface area contributed by atoms with Crippen LogP contribution in [0, 0.1) is 6.92 Å². The quantitative estimate of drug-likeness (QED) is 0.775. The van der Waals surface area contributed by atoms with Crippen LogP contribution < -0.4 is 10.9 Å². The summed E-state index contributed by atoms with van der Waals surface area (Å²) in [5.41, 5.74) is 0.129. The number of hydrogen-bond acceptors (Lipinski definition) is 6. The molecule has 1 amide bonds. The molecule has 25 heavy (non-hydrogen) atoms. The van der Waals surface area contributed by atoms with E-state index >= 15 is 0 Å². The van der Waals surface area contributed by atoms with Gasteiger partial charge in [-0.25, -0.2) is 13.2 Å². The van der Waals surface area contributed by atoms with Crippen LogP contribution in [-0.4, -0.2) is 31.2 Å². The lowest BCUT2D eigenvalue weighted by Gasteiger charge is -2.12. The minimum atomic E-state index is -3.28. The molecule has 0 saturated carbocycles. The van der Waals surface area contributed by atoms with Crippen LogP contribution >= 0.6 is 11.6 Å². The van der Waals surface area contributed by atoms with E-state index in [0.717, 1.165) is 5.41 Å². The summed E-state index contributed by atoms with van der Waals surface area (Å²) in [4.78, 5) is 24.3. The topological polar surface area (TPSA) is 114 Å². The van der Waals surface area contributed by atoms with Crippen molar-refractivity contribution in [3.8, 4) is 5.75 Å². The predicted octanol–water partition coefficient (Wildman–Crippen LogP) is 1.43. The Hall–Kier alpha value is -2.32. The Morgan fingerprint density at radius 2 is 2.16 bits per heavy atom. The summed E-state index contributed by atoms with van der Waals surface area (Å²) >= 11 is 5.88. The van der Waals surface area contributed by atoms with Gasteiger partial charge in [0.1, 0.15) is 11.3 Å². The summed E-state index contributed by atoms with van der Waals surface area (Å²) in [5.74, 6) is -0.901. The first kappa shape index (κ1) is 17.5. The third kappa shape index (κ3) is 3.54. The number of sulfone groups is 1. The molecule has 1 aliphatic heterocycles. The molecule has 3 rings (SSSR count). The van der Waals surface area contributed by atoms with E-state index in [4.69, 9.17) is 16.0 Å². The first-order valence-electron chi connectivity index (χ1n) is 7.31. The Kier molecular flexibility index (Phi) is 4.34. The van der Waals surface area contributed by atoms with E-state index in [-0.39, 0.29) is 34.1 Å². The van der Waals surface area contributed by atoms with Crippen LogP contribution in [0.3, 0.4) is 0 Å². The van der Waals surface area contributed by atoms with Crippen molar-refractivity contribution in [3.63, 3.8) is 0 Å². The monoisotopic (exact) mass is 383 g/mol. The highest BCUT2D eigenvalue weighted by atomic mass is 35.5. The largest absolute Gasteiger partial charge is 0.506 e. The highest BCUT2D eigenvalue weighted by molar-refractivity contribution is 7.94. The van der Waals surface area contributed by atoms with Crippen LogP contribution in [0.15, 0.2) is 32.8 Å². The van der Waals surface area contributed by atoms with E-state index in [9.17, 15) is 23.1 Å². The SMILES string of the molecule is Cc1c(CC(=O)NC2C=CS(=O)(=O)C2)c(=O)oc2cc(O)c(Cl)cc12. The van der Waals surface area contributed by atoms with Crippen molar-refractivity contribution >= 4 is 38.3 Å². The third-order valence-corrected chi connectivity index (χ3v) is 5.67. The molecule has 1 aromatic carbocycles. The van der Waals surface area contributed by atoms with E-state index in [0.29, 0.717) is 10.9 Å². The second kappa shape index (κ2) is 6.20. The Labute approximate surface area is 147 Å². The smallest absolute Gasteiger partial charge is 0.340 e. The number of hydrogen-bond donors (Lipinski definition) is 2. The van der Waals surface area contributed by atoms with Crippen LogP contribution in [0.1, 0.15) is 11.1 Å². The summed E-state index contributed by atoms with van der Waals surface area (Å²) in [6.07, 6.45) is 1.14. The normalized spacial score (nSPS) is 18.6. The van der Waals surface area contributed by atoms with Gasteiger partial charge in [-0.2, -0.15) is 0 Å². The molecule has 1 atom stereocenters. The number of carbonyl (C=O) groups is 1. The second-order valence-corrected chi connectivity index (χ2v) is 8.14. The first-order valence-corrected chi connectivity index (χ1v) is 9.41. The fraction of sp³-hybridized carbons (Fsp3) is 0.250. The number of nitrogens with one attached hydrogen (secondary N) is 1. The van der Waals surface area contributed by atoms with Gasteiger partial charge in [-0.15, -0.1) is 0 Å². The summed E-state index contributed by atoms with van der Waals surface area (Å²) in [7, 11) is -3.28. The molecule has 0 saturated heterocycles. The van der Waals surface area contributed by atoms with Gasteiger partial charge in [0.05, 0.1) is 28.8 Å². The van der Waals surface area contributed by atoms with E-state index < -0.39 is 27.4 Å². The van der Waals surface area contributed by atoms with Crippen LogP contribution in [-0.2, 0) is 21.1 Å². The van der Waals surface area contributed by atoms with Gasteiger partial charge in [0.25, 0.3) is 0 Å². The number of halogens is 1. The van der Waals surface area contributed by atoms with Gasteiger partial charge in [0.15, 0.2) is 9.84 Å². The fourth-order valence-electron chi connectivity index (χ4n) is 2.69. The zero-order valence-electron chi connectivity index (χ0n) is 13.1. The molecule has 0 bridgehead atoms. The molecular weight excluding hydrogens is 370 g/mol.